The van der Waals surface area contributed by atoms with Crippen molar-refractivity contribution < 1.29 is 14.3 Å². The molecule has 0 spiro atoms. The van der Waals surface area contributed by atoms with Crippen LogP contribution in [0.3, 0.4) is 0 Å². The van der Waals surface area contributed by atoms with E-state index in [9.17, 15) is 4.79 Å². The van der Waals surface area contributed by atoms with Gasteiger partial charge in [-0.2, -0.15) is 0 Å². The maximum absolute atomic E-state index is 12.8. The fourth-order valence-corrected chi connectivity index (χ4v) is 4.24. The number of carbonyl (C=O) groups excluding carboxylic acids is 1. The van der Waals surface area contributed by atoms with Gasteiger partial charge in [0.2, 0.25) is 5.91 Å². The quantitative estimate of drug-likeness (QED) is 0.555. The van der Waals surface area contributed by atoms with Crippen LogP contribution in [0.4, 0.5) is 5.69 Å². The number of hydrogen-bond donors (Lipinski definition) is 0. The van der Waals surface area contributed by atoms with E-state index in [1.165, 1.54) is 17.3 Å². The molecule has 1 aromatic heterocycles. The van der Waals surface area contributed by atoms with Crippen molar-refractivity contribution in [1.29, 1.82) is 0 Å². The van der Waals surface area contributed by atoms with Crippen LogP contribution < -0.4 is 14.4 Å². The molecule has 0 N–H and O–H groups in total. The van der Waals surface area contributed by atoms with Crippen molar-refractivity contribution in [1.82, 2.24) is 10.2 Å². The van der Waals surface area contributed by atoms with E-state index in [4.69, 9.17) is 9.47 Å². The van der Waals surface area contributed by atoms with E-state index in [2.05, 4.69) is 16.3 Å². The van der Waals surface area contributed by atoms with Gasteiger partial charge in [0.15, 0.2) is 11.5 Å². The molecule has 3 aromatic rings. The third-order valence-electron chi connectivity index (χ3n) is 5.07. The van der Waals surface area contributed by atoms with Crippen LogP contribution in [-0.2, 0) is 11.2 Å². The number of thioether (sulfide) groups is 1. The molecule has 2 aromatic carbocycles. The van der Waals surface area contributed by atoms with E-state index < -0.39 is 0 Å². The van der Waals surface area contributed by atoms with Gasteiger partial charge in [0.05, 0.1) is 25.7 Å². The van der Waals surface area contributed by atoms with Crippen molar-refractivity contribution in [2.24, 2.45) is 0 Å². The number of amides is 1. The molecule has 1 aliphatic rings. The molecule has 0 bridgehead atoms. The topological polar surface area (TPSA) is 64.5 Å². The smallest absolute Gasteiger partial charge is 0.237 e. The molecule has 30 heavy (non-hydrogen) atoms. The summed E-state index contributed by atoms with van der Waals surface area (Å²) in [5.74, 6) is 1.73. The molecule has 4 rings (SSSR count). The molecule has 2 heterocycles. The number of methoxy groups -OCH3 is 2. The Morgan fingerprint density at radius 2 is 1.87 bits per heavy atom. The number of fused-ring (bicyclic) bond motifs is 1. The van der Waals surface area contributed by atoms with Gasteiger partial charge in [0.1, 0.15) is 5.03 Å². The number of aromatic nitrogens is 2. The second-order valence-corrected chi connectivity index (χ2v) is 7.89. The third kappa shape index (κ3) is 4.26. The molecule has 0 unspecified atom stereocenters. The van der Waals surface area contributed by atoms with Gasteiger partial charge in [-0.3, -0.25) is 4.79 Å². The first-order valence-electron chi connectivity index (χ1n) is 9.77. The summed E-state index contributed by atoms with van der Waals surface area (Å²) < 4.78 is 10.6. The number of aryl methyl sites for hydroxylation is 1. The van der Waals surface area contributed by atoms with E-state index in [1.54, 1.807) is 14.2 Å². The van der Waals surface area contributed by atoms with Crippen LogP contribution in [0.5, 0.6) is 11.5 Å². The molecule has 7 heteroatoms. The highest BCUT2D eigenvalue weighted by molar-refractivity contribution is 7.99. The van der Waals surface area contributed by atoms with Crippen LogP contribution in [0.1, 0.15) is 12.0 Å². The van der Waals surface area contributed by atoms with Gasteiger partial charge < -0.3 is 14.4 Å². The number of ether oxygens (including phenoxy) is 2. The monoisotopic (exact) mass is 421 g/mol. The average molecular weight is 422 g/mol. The first-order chi connectivity index (χ1) is 14.7. The predicted octanol–water partition coefficient (Wildman–Crippen LogP) is 4.23. The van der Waals surface area contributed by atoms with Gasteiger partial charge in [-0.15, -0.1) is 10.2 Å². The fraction of sp³-hybridized carbons (Fsp3) is 0.261. The van der Waals surface area contributed by atoms with Crippen molar-refractivity contribution in [3.8, 4) is 22.8 Å². The van der Waals surface area contributed by atoms with E-state index in [-0.39, 0.29) is 5.91 Å². The van der Waals surface area contributed by atoms with Crippen LogP contribution in [0.15, 0.2) is 59.6 Å². The second-order valence-electron chi connectivity index (χ2n) is 6.89. The van der Waals surface area contributed by atoms with Crippen molar-refractivity contribution in [3.63, 3.8) is 0 Å². The maximum atomic E-state index is 12.8. The Labute approximate surface area is 180 Å². The van der Waals surface area contributed by atoms with Crippen molar-refractivity contribution >= 4 is 23.4 Å². The maximum Gasteiger partial charge on any atom is 0.237 e. The molecule has 0 atom stereocenters. The minimum absolute atomic E-state index is 0.0953. The molecule has 0 radical (unpaired) electrons. The molecule has 0 aliphatic carbocycles. The van der Waals surface area contributed by atoms with Gasteiger partial charge in [0, 0.05) is 17.8 Å². The number of anilines is 1. The number of carbonyl (C=O) groups is 1. The summed E-state index contributed by atoms with van der Waals surface area (Å²) in [6, 6.07) is 17.5. The highest BCUT2D eigenvalue weighted by Gasteiger charge is 2.22. The lowest BCUT2D eigenvalue weighted by Crippen LogP contribution is -2.36. The number of benzene rings is 2. The lowest BCUT2D eigenvalue weighted by atomic mass is 10.0. The van der Waals surface area contributed by atoms with Gasteiger partial charge in [0.25, 0.3) is 0 Å². The van der Waals surface area contributed by atoms with Gasteiger partial charge >= 0.3 is 0 Å². The van der Waals surface area contributed by atoms with E-state index in [1.807, 2.05) is 53.4 Å². The highest BCUT2D eigenvalue weighted by Crippen LogP contribution is 2.32. The molecule has 1 aliphatic heterocycles. The fourth-order valence-electron chi connectivity index (χ4n) is 3.55. The lowest BCUT2D eigenvalue weighted by Gasteiger charge is -2.29. The van der Waals surface area contributed by atoms with E-state index in [0.29, 0.717) is 17.3 Å². The Morgan fingerprint density at radius 3 is 2.63 bits per heavy atom. The Balaban J connectivity index is 1.42. The van der Waals surface area contributed by atoms with Gasteiger partial charge in [-0.1, -0.05) is 30.0 Å². The summed E-state index contributed by atoms with van der Waals surface area (Å²) in [6.07, 6.45) is 2.02. The zero-order valence-electron chi connectivity index (χ0n) is 17.0. The Kier molecular flexibility index (Phi) is 6.18. The van der Waals surface area contributed by atoms with Crippen molar-refractivity contribution in [2.45, 2.75) is 17.9 Å². The van der Waals surface area contributed by atoms with Gasteiger partial charge in [-0.25, -0.2) is 0 Å². The van der Waals surface area contributed by atoms with Crippen LogP contribution in [0, 0.1) is 0 Å². The van der Waals surface area contributed by atoms with E-state index >= 15 is 0 Å². The second kappa shape index (κ2) is 9.17. The Bertz CT molecular complexity index is 1040. The largest absolute Gasteiger partial charge is 0.493 e. The summed E-state index contributed by atoms with van der Waals surface area (Å²) in [5, 5.41) is 9.32. The molecular formula is C23H23N3O3S. The van der Waals surface area contributed by atoms with Gasteiger partial charge in [-0.05, 0) is 54.8 Å². The highest BCUT2D eigenvalue weighted by atomic mass is 32.2. The van der Waals surface area contributed by atoms with Crippen LogP contribution in [-0.4, -0.2) is 42.6 Å². The molecule has 0 fully saturated rings. The van der Waals surface area contributed by atoms with Crippen molar-refractivity contribution in [3.05, 3.63) is 60.2 Å². The molecule has 1 amide bonds. The minimum Gasteiger partial charge on any atom is -0.493 e. The lowest BCUT2D eigenvalue weighted by molar-refractivity contribution is -0.116. The first kappa shape index (κ1) is 20.2. The summed E-state index contributed by atoms with van der Waals surface area (Å²) >= 11 is 1.40. The Hall–Kier alpha value is -3.06. The summed E-state index contributed by atoms with van der Waals surface area (Å²) in [5.41, 5.74) is 3.89. The minimum atomic E-state index is 0.0953. The molecule has 0 saturated heterocycles. The molecule has 6 nitrogen and oxygen atoms in total. The zero-order chi connectivity index (χ0) is 20.9. The number of rotatable bonds is 6. The van der Waals surface area contributed by atoms with Crippen molar-refractivity contribution in [2.75, 3.05) is 31.4 Å². The normalized spacial score (nSPS) is 12.9. The SMILES string of the molecule is COc1ccc(-c2ccc(SCC(=O)N3CCCc4ccccc43)nn2)cc1OC. The van der Waals surface area contributed by atoms with Crippen LogP contribution in [0.25, 0.3) is 11.3 Å². The third-order valence-corrected chi connectivity index (χ3v) is 5.98. The molecule has 0 saturated carbocycles. The summed E-state index contributed by atoms with van der Waals surface area (Å²) in [4.78, 5) is 14.7. The van der Waals surface area contributed by atoms with Crippen LogP contribution >= 0.6 is 11.8 Å². The predicted molar refractivity (Wildman–Crippen MR) is 118 cm³/mol. The summed E-state index contributed by atoms with van der Waals surface area (Å²) in [7, 11) is 3.21. The number of para-hydroxylation sites is 1. The standard InChI is InChI=1S/C23H23N3O3S/c1-28-20-11-9-17(14-21(20)29-2)18-10-12-22(25-24-18)30-15-23(27)26-13-5-7-16-6-3-4-8-19(16)26/h3-4,6,8-12,14H,5,7,13,15H2,1-2H3. The number of nitrogens with zero attached hydrogens (tertiary/aromatic N) is 3. The zero-order valence-corrected chi connectivity index (χ0v) is 17.8. The molecular weight excluding hydrogens is 398 g/mol. The first-order valence-corrected chi connectivity index (χ1v) is 10.8. The Morgan fingerprint density at radius 1 is 1.03 bits per heavy atom. The average Bonchev–Trinajstić information content (AvgIpc) is 2.82. The van der Waals surface area contributed by atoms with Crippen LogP contribution in [0.2, 0.25) is 0 Å². The number of hydrogen-bond acceptors (Lipinski definition) is 6. The van der Waals surface area contributed by atoms with E-state index in [0.717, 1.165) is 41.4 Å². The molecule has 154 valence electrons. The summed E-state index contributed by atoms with van der Waals surface area (Å²) in [6.45, 7) is 0.764.